The summed E-state index contributed by atoms with van der Waals surface area (Å²) in [5.41, 5.74) is 2.13. The molecule has 104 valence electrons. The molecule has 3 rings (SSSR count). The average molecular weight is 271 g/mol. The van der Waals surface area contributed by atoms with Crippen molar-refractivity contribution < 1.29 is 9.47 Å². The second-order valence-corrected chi connectivity index (χ2v) is 4.68. The fraction of sp³-hybridized carbons (Fsp3) is 0.333. The van der Waals surface area contributed by atoms with Crippen molar-refractivity contribution in [3.63, 3.8) is 0 Å². The monoisotopic (exact) mass is 271 g/mol. The van der Waals surface area contributed by atoms with Crippen LogP contribution in [-0.2, 0) is 6.54 Å². The maximum atomic E-state index is 5.68. The first-order chi connectivity index (χ1) is 9.86. The van der Waals surface area contributed by atoms with E-state index in [1.807, 2.05) is 24.3 Å². The minimum Gasteiger partial charge on any atom is -0.497 e. The number of methoxy groups -OCH3 is 1. The Hall–Kier alpha value is -2.14. The van der Waals surface area contributed by atoms with E-state index in [4.69, 9.17) is 9.47 Å². The molecule has 0 aliphatic carbocycles. The summed E-state index contributed by atoms with van der Waals surface area (Å²) in [6.07, 6.45) is 4.26. The number of hydrogen-bond acceptors (Lipinski definition) is 5. The number of benzene rings is 1. The Morgan fingerprint density at radius 3 is 3.15 bits per heavy atom. The zero-order valence-electron chi connectivity index (χ0n) is 11.4. The van der Waals surface area contributed by atoms with Crippen LogP contribution in [0.25, 0.3) is 0 Å². The number of ether oxygens (including phenoxy) is 2. The summed E-state index contributed by atoms with van der Waals surface area (Å²) in [4.78, 5) is 8.15. The van der Waals surface area contributed by atoms with Crippen LogP contribution in [0.1, 0.15) is 23.7 Å². The van der Waals surface area contributed by atoms with Crippen molar-refractivity contribution in [1.29, 1.82) is 0 Å². The fourth-order valence-electron chi connectivity index (χ4n) is 2.36. The Kier molecular flexibility index (Phi) is 3.78. The third-order valence-electron chi connectivity index (χ3n) is 3.43. The molecule has 1 aromatic carbocycles. The lowest BCUT2D eigenvalue weighted by Crippen LogP contribution is -2.27. The van der Waals surface area contributed by atoms with Crippen molar-refractivity contribution in [2.24, 2.45) is 0 Å². The van der Waals surface area contributed by atoms with Crippen LogP contribution in [0.15, 0.2) is 36.8 Å². The third kappa shape index (κ3) is 2.72. The van der Waals surface area contributed by atoms with Gasteiger partial charge in [0.15, 0.2) is 0 Å². The van der Waals surface area contributed by atoms with Crippen molar-refractivity contribution in [1.82, 2.24) is 15.3 Å². The first kappa shape index (κ1) is 12.9. The van der Waals surface area contributed by atoms with Gasteiger partial charge in [-0.05, 0) is 24.3 Å². The van der Waals surface area contributed by atoms with E-state index in [-0.39, 0.29) is 6.04 Å². The molecule has 1 unspecified atom stereocenters. The molecule has 0 fully saturated rings. The van der Waals surface area contributed by atoms with Crippen LogP contribution in [0, 0.1) is 0 Å². The predicted octanol–water partition coefficient (Wildman–Crippen LogP) is 2.10. The summed E-state index contributed by atoms with van der Waals surface area (Å²) in [5, 5.41) is 3.52. The molecule has 0 bridgehead atoms. The molecule has 1 aliphatic heterocycles. The van der Waals surface area contributed by atoms with Gasteiger partial charge in [0.05, 0.1) is 19.4 Å². The lowest BCUT2D eigenvalue weighted by Gasteiger charge is -2.27. The van der Waals surface area contributed by atoms with Gasteiger partial charge in [0.1, 0.15) is 17.8 Å². The van der Waals surface area contributed by atoms with Gasteiger partial charge in [0.2, 0.25) is 0 Å². The number of rotatable bonds is 4. The fourth-order valence-corrected chi connectivity index (χ4v) is 2.36. The zero-order valence-corrected chi connectivity index (χ0v) is 11.4. The van der Waals surface area contributed by atoms with Crippen LogP contribution in [-0.4, -0.2) is 23.7 Å². The van der Waals surface area contributed by atoms with Gasteiger partial charge in [-0.3, -0.25) is 0 Å². The highest BCUT2D eigenvalue weighted by Crippen LogP contribution is 2.34. The second kappa shape index (κ2) is 5.88. The first-order valence-electron chi connectivity index (χ1n) is 6.66. The van der Waals surface area contributed by atoms with E-state index in [9.17, 15) is 0 Å². The lowest BCUT2D eigenvalue weighted by molar-refractivity contribution is 0.251. The third-order valence-corrected chi connectivity index (χ3v) is 3.43. The summed E-state index contributed by atoms with van der Waals surface area (Å²) >= 11 is 0. The number of aromatic nitrogens is 2. The second-order valence-electron chi connectivity index (χ2n) is 4.68. The van der Waals surface area contributed by atoms with Crippen LogP contribution >= 0.6 is 0 Å². The molecule has 0 spiro atoms. The van der Waals surface area contributed by atoms with Crippen molar-refractivity contribution in [2.45, 2.75) is 19.0 Å². The van der Waals surface area contributed by atoms with E-state index < -0.39 is 0 Å². The Balaban J connectivity index is 1.75. The maximum Gasteiger partial charge on any atom is 0.124 e. The molecule has 1 aliphatic rings. The molecule has 1 atom stereocenters. The standard InChI is InChI=1S/C15H17N3O2/c1-19-12-2-3-15-13(8-12)14(5-7-20-15)17-9-11-4-6-16-10-18-11/h2-4,6,8,10,14,17H,5,7,9H2,1H3. The molecule has 1 N–H and O–H groups in total. The van der Waals surface area contributed by atoms with E-state index in [2.05, 4.69) is 15.3 Å². The van der Waals surface area contributed by atoms with Gasteiger partial charge < -0.3 is 14.8 Å². The number of hydrogen-bond donors (Lipinski definition) is 1. The molecular formula is C15H17N3O2. The largest absolute Gasteiger partial charge is 0.497 e. The number of nitrogens with one attached hydrogen (secondary N) is 1. The van der Waals surface area contributed by atoms with Gasteiger partial charge in [-0.15, -0.1) is 0 Å². The molecule has 0 amide bonds. The Bertz CT molecular complexity index is 575. The Morgan fingerprint density at radius 2 is 2.35 bits per heavy atom. The van der Waals surface area contributed by atoms with E-state index in [0.29, 0.717) is 6.54 Å². The summed E-state index contributed by atoms with van der Waals surface area (Å²) in [6.45, 7) is 1.44. The zero-order chi connectivity index (χ0) is 13.8. The van der Waals surface area contributed by atoms with E-state index in [1.54, 1.807) is 19.6 Å². The van der Waals surface area contributed by atoms with Gasteiger partial charge in [0.25, 0.3) is 0 Å². The molecule has 5 heteroatoms. The van der Waals surface area contributed by atoms with Crippen molar-refractivity contribution in [3.05, 3.63) is 48.0 Å². The lowest BCUT2D eigenvalue weighted by atomic mass is 10.00. The van der Waals surface area contributed by atoms with Crippen LogP contribution in [0.3, 0.4) is 0 Å². The van der Waals surface area contributed by atoms with Crippen LogP contribution in [0.2, 0.25) is 0 Å². The maximum absolute atomic E-state index is 5.68. The molecule has 2 aromatic rings. The number of fused-ring (bicyclic) bond motifs is 1. The van der Waals surface area contributed by atoms with E-state index in [1.165, 1.54) is 0 Å². The van der Waals surface area contributed by atoms with Crippen molar-refractivity contribution in [3.8, 4) is 11.5 Å². The topological polar surface area (TPSA) is 56.3 Å². The van der Waals surface area contributed by atoms with Crippen molar-refractivity contribution >= 4 is 0 Å². The summed E-state index contributed by atoms with van der Waals surface area (Å²) in [7, 11) is 1.68. The smallest absolute Gasteiger partial charge is 0.124 e. The molecule has 1 aromatic heterocycles. The molecule has 0 saturated heterocycles. The molecule has 5 nitrogen and oxygen atoms in total. The highest BCUT2D eigenvalue weighted by atomic mass is 16.5. The highest BCUT2D eigenvalue weighted by molar-refractivity contribution is 5.43. The average Bonchev–Trinajstić information content (AvgIpc) is 2.53. The number of nitrogens with zero attached hydrogens (tertiary/aromatic N) is 2. The van der Waals surface area contributed by atoms with Crippen LogP contribution in [0.5, 0.6) is 11.5 Å². The van der Waals surface area contributed by atoms with Crippen LogP contribution in [0.4, 0.5) is 0 Å². The molecule has 20 heavy (non-hydrogen) atoms. The molecular weight excluding hydrogens is 254 g/mol. The highest BCUT2D eigenvalue weighted by Gasteiger charge is 2.21. The molecule has 0 saturated carbocycles. The van der Waals surface area contributed by atoms with Gasteiger partial charge >= 0.3 is 0 Å². The predicted molar refractivity (Wildman–Crippen MR) is 74.7 cm³/mol. The summed E-state index contributed by atoms with van der Waals surface area (Å²) in [5.74, 6) is 1.78. The van der Waals surface area contributed by atoms with Gasteiger partial charge in [-0.1, -0.05) is 0 Å². The van der Waals surface area contributed by atoms with E-state index in [0.717, 1.165) is 35.8 Å². The first-order valence-corrected chi connectivity index (χ1v) is 6.66. The summed E-state index contributed by atoms with van der Waals surface area (Å²) < 4.78 is 11.0. The van der Waals surface area contributed by atoms with Gasteiger partial charge in [-0.2, -0.15) is 0 Å². The minimum absolute atomic E-state index is 0.254. The van der Waals surface area contributed by atoms with Crippen molar-refractivity contribution in [2.75, 3.05) is 13.7 Å². The SMILES string of the molecule is COc1ccc2c(c1)C(NCc1ccncn1)CCO2. The minimum atomic E-state index is 0.254. The Morgan fingerprint density at radius 1 is 1.40 bits per heavy atom. The molecule has 0 radical (unpaired) electrons. The van der Waals surface area contributed by atoms with Gasteiger partial charge in [0, 0.05) is 30.8 Å². The summed E-state index contributed by atoms with van der Waals surface area (Å²) in [6, 6.07) is 8.09. The molecule has 2 heterocycles. The van der Waals surface area contributed by atoms with Crippen LogP contribution < -0.4 is 14.8 Å². The normalized spacial score (nSPS) is 17.1. The van der Waals surface area contributed by atoms with Gasteiger partial charge in [-0.25, -0.2) is 9.97 Å². The Labute approximate surface area is 118 Å². The quantitative estimate of drug-likeness (QED) is 0.923. The van der Waals surface area contributed by atoms with E-state index >= 15 is 0 Å².